The molecule has 0 fully saturated rings. The van der Waals surface area contributed by atoms with Crippen LogP contribution in [-0.2, 0) is 4.79 Å². The zero-order valence-electron chi connectivity index (χ0n) is 11.6. The van der Waals surface area contributed by atoms with E-state index in [1.807, 2.05) is 41.5 Å². The second-order valence-corrected chi connectivity index (χ2v) is 4.93. The summed E-state index contributed by atoms with van der Waals surface area (Å²) in [6.07, 6.45) is 0. The summed E-state index contributed by atoms with van der Waals surface area (Å²) in [5.41, 5.74) is 12.0. The van der Waals surface area contributed by atoms with Gasteiger partial charge in [-0.1, -0.05) is 13.8 Å². The molecule has 0 atom stereocenters. The molecule has 1 aromatic carbocycles. The fourth-order valence-electron chi connectivity index (χ4n) is 1.82. The van der Waals surface area contributed by atoms with E-state index in [9.17, 15) is 4.79 Å². The molecule has 0 aliphatic rings. The largest absolute Gasteiger partial charge is 0.398 e. The lowest BCUT2D eigenvalue weighted by atomic mass is 9.96. The van der Waals surface area contributed by atoms with Gasteiger partial charge >= 0.3 is 0 Å². The summed E-state index contributed by atoms with van der Waals surface area (Å²) in [6.45, 7) is 11.8. The quantitative estimate of drug-likeness (QED) is 0.772. The van der Waals surface area contributed by atoms with Crippen molar-refractivity contribution in [3.8, 4) is 0 Å². The normalized spacial score (nSPS) is 10.8. The van der Waals surface area contributed by atoms with Gasteiger partial charge in [0.1, 0.15) is 0 Å². The molecule has 1 amide bonds. The van der Waals surface area contributed by atoms with E-state index in [1.54, 1.807) is 0 Å². The Morgan fingerprint density at radius 1 is 1.00 bits per heavy atom. The van der Waals surface area contributed by atoms with Crippen LogP contribution in [0, 0.1) is 33.6 Å². The summed E-state index contributed by atoms with van der Waals surface area (Å²) in [6, 6.07) is 0. The lowest BCUT2D eigenvalue weighted by Gasteiger charge is -2.19. The molecule has 0 saturated heterocycles. The summed E-state index contributed by atoms with van der Waals surface area (Å²) in [4.78, 5) is 11.8. The number of nitrogens with one attached hydrogen (secondary N) is 1. The molecule has 0 radical (unpaired) electrons. The highest BCUT2D eigenvalue weighted by molar-refractivity contribution is 5.95. The second kappa shape index (κ2) is 4.78. The predicted octanol–water partition coefficient (Wildman–Crippen LogP) is 3.10. The molecule has 3 heteroatoms. The van der Waals surface area contributed by atoms with E-state index in [0.29, 0.717) is 0 Å². The maximum atomic E-state index is 11.8. The summed E-state index contributed by atoms with van der Waals surface area (Å²) >= 11 is 0. The minimum atomic E-state index is -0.0309. The zero-order valence-corrected chi connectivity index (χ0v) is 11.6. The predicted molar refractivity (Wildman–Crippen MR) is 73.3 cm³/mol. The van der Waals surface area contributed by atoms with Crippen molar-refractivity contribution < 1.29 is 4.79 Å². The van der Waals surface area contributed by atoms with Gasteiger partial charge in [-0.15, -0.1) is 0 Å². The van der Waals surface area contributed by atoms with E-state index in [-0.39, 0.29) is 11.8 Å². The van der Waals surface area contributed by atoms with Crippen molar-refractivity contribution >= 4 is 17.3 Å². The first-order valence-corrected chi connectivity index (χ1v) is 5.94. The van der Waals surface area contributed by atoms with Gasteiger partial charge in [-0.3, -0.25) is 4.79 Å². The third-order valence-electron chi connectivity index (χ3n) is 3.46. The Labute approximate surface area is 103 Å². The van der Waals surface area contributed by atoms with E-state index >= 15 is 0 Å². The van der Waals surface area contributed by atoms with Gasteiger partial charge in [0.05, 0.1) is 0 Å². The van der Waals surface area contributed by atoms with Gasteiger partial charge in [0.15, 0.2) is 0 Å². The third-order valence-corrected chi connectivity index (χ3v) is 3.46. The molecule has 1 rings (SSSR count). The van der Waals surface area contributed by atoms with E-state index in [2.05, 4.69) is 5.32 Å². The topological polar surface area (TPSA) is 55.1 Å². The molecular formula is C14H22N2O. The molecule has 0 spiro atoms. The third kappa shape index (κ3) is 2.43. The average molecular weight is 234 g/mol. The van der Waals surface area contributed by atoms with Crippen LogP contribution in [0.25, 0.3) is 0 Å². The van der Waals surface area contributed by atoms with Crippen molar-refractivity contribution in [2.45, 2.75) is 41.5 Å². The van der Waals surface area contributed by atoms with Gasteiger partial charge in [0.25, 0.3) is 0 Å². The first kappa shape index (κ1) is 13.6. The van der Waals surface area contributed by atoms with Crippen LogP contribution in [0.15, 0.2) is 0 Å². The molecule has 0 bridgehead atoms. The highest BCUT2D eigenvalue weighted by Crippen LogP contribution is 2.32. The Bertz CT molecular complexity index is 433. The zero-order chi connectivity index (χ0) is 13.3. The highest BCUT2D eigenvalue weighted by Gasteiger charge is 2.16. The number of nitrogen functional groups attached to an aromatic ring is 1. The van der Waals surface area contributed by atoms with E-state index in [4.69, 9.17) is 5.73 Å². The van der Waals surface area contributed by atoms with Crippen molar-refractivity contribution in [2.75, 3.05) is 11.1 Å². The molecule has 0 heterocycles. The van der Waals surface area contributed by atoms with Gasteiger partial charge < -0.3 is 11.1 Å². The van der Waals surface area contributed by atoms with Crippen molar-refractivity contribution in [1.82, 2.24) is 0 Å². The minimum absolute atomic E-state index is 0.0267. The summed E-state index contributed by atoms with van der Waals surface area (Å²) < 4.78 is 0. The lowest BCUT2D eigenvalue weighted by molar-refractivity contribution is -0.118. The van der Waals surface area contributed by atoms with E-state index in [0.717, 1.165) is 33.6 Å². The SMILES string of the molecule is Cc1c(C)c(N)c(C)c(NC(=O)C(C)C)c1C. The standard InChI is InChI=1S/C14H22N2O/c1-7(2)14(17)16-13-10(5)8(3)9(4)12(15)11(13)6/h7H,15H2,1-6H3,(H,16,17). The van der Waals surface area contributed by atoms with Crippen LogP contribution in [0.3, 0.4) is 0 Å². The van der Waals surface area contributed by atoms with Gasteiger partial charge in [-0.2, -0.15) is 0 Å². The summed E-state index contributed by atoms with van der Waals surface area (Å²) in [7, 11) is 0. The van der Waals surface area contributed by atoms with Crippen LogP contribution in [-0.4, -0.2) is 5.91 Å². The number of rotatable bonds is 2. The molecule has 0 unspecified atom stereocenters. The molecule has 0 aromatic heterocycles. The number of amides is 1. The Kier molecular flexibility index (Phi) is 3.81. The van der Waals surface area contributed by atoms with Crippen LogP contribution in [0.5, 0.6) is 0 Å². The van der Waals surface area contributed by atoms with Crippen LogP contribution in [0.4, 0.5) is 11.4 Å². The van der Waals surface area contributed by atoms with Crippen LogP contribution >= 0.6 is 0 Å². The minimum Gasteiger partial charge on any atom is -0.398 e. The molecule has 17 heavy (non-hydrogen) atoms. The number of nitrogens with two attached hydrogens (primary N) is 1. The average Bonchev–Trinajstić information content (AvgIpc) is 2.29. The Morgan fingerprint density at radius 2 is 1.53 bits per heavy atom. The Morgan fingerprint density at radius 3 is 2.00 bits per heavy atom. The molecule has 3 N–H and O–H groups in total. The highest BCUT2D eigenvalue weighted by atomic mass is 16.1. The number of carbonyl (C=O) groups is 1. The lowest BCUT2D eigenvalue weighted by Crippen LogP contribution is -2.20. The smallest absolute Gasteiger partial charge is 0.226 e. The first-order chi connectivity index (χ1) is 7.77. The van der Waals surface area contributed by atoms with Crippen LogP contribution in [0.1, 0.15) is 36.1 Å². The van der Waals surface area contributed by atoms with Crippen molar-refractivity contribution in [1.29, 1.82) is 0 Å². The van der Waals surface area contributed by atoms with E-state index < -0.39 is 0 Å². The monoisotopic (exact) mass is 234 g/mol. The fraction of sp³-hybridized carbons (Fsp3) is 0.500. The number of hydrogen-bond acceptors (Lipinski definition) is 2. The van der Waals surface area contributed by atoms with Gasteiger partial charge in [-0.25, -0.2) is 0 Å². The van der Waals surface area contributed by atoms with Gasteiger partial charge in [-0.05, 0) is 49.9 Å². The summed E-state index contributed by atoms with van der Waals surface area (Å²) in [5.74, 6) is -0.00418. The molecule has 3 nitrogen and oxygen atoms in total. The first-order valence-electron chi connectivity index (χ1n) is 5.94. The Hall–Kier alpha value is -1.51. The number of benzene rings is 1. The molecule has 0 aliphatic carbocycles. The van der Waals surface area contributed by atoms with Crippen LogP contribution < -0.4 is 11.1 Å². The van der Waals surface area contributed by atoms with Crippen LogP contribution in [0.2, 0.25) is 0 Å². The molecule has 0 aliphatic heterocycles. The fourth-order valence-corrected chi connectivity index (χ4v) is 1.82. The molecule has 1 aromatic rings. The maximum absolute atomic E-state index is 11.8. The van der Waals surface area contributed by atoms with Crippen molar-refractivity contribution in [2.24, 2.45) is 5.92 Å². The summed E-state index contributed by atoms with van der Waals surface area (Å²) in [5, 5.41) is 2.97. The van der Waals surface area contributed by atoms with E-state index in [1.165, 1.54) is 0 Å². The van der Waals surface area contributed by atoms with Crippen molar-refractivity contribution in [3.63, 3.8) is 0 Å². The van der Waals surface area contributed by atoms with Gasteiger partial charge in [0.2, 0.25) is 5.91 Å². The van der Waals surface area contributed by atoms with Gasteiger partial charge in [0, 0.05) is 17.3 Å². The number of anilines is 2. The molecular weight excluding hydrogens is 212 g/mol. The number of carbonyl (C=O) groups excluding carboxylic acids is 1. The Balaban J connectivity index is 3.30. The van der Waals surface area contributed by atoms with Crippen molar-refractivity contribution in [3.05, 3.63) is 22.3 Å². The maximum Gasteiger partial charge on any atom is 0.226 e. The molecule has 0 saturated carbocycles. The second-order valence-electron chi connectivity index (χ2n) is 4.93. The number of hydrogen-bond donors (Lipinski definition) is 2. The molecule has 94 valence electrons.